The molecule has 3 heteroatoms. The van der Waals surface area contributed by atoms with Crippen molar-refractivity contribution >= 4 is 28.1 Å². The third-order valence-corrected chi connectivity index (χ3v) is 3.95. The Hall–Kier alpha value is -2.13. The van der Waals surface area contributed by atoms with Crippen molar-refractivity contribution in [3.8, 4) is 11.3 Å². The van der Waals surface area contributed by atoms with Crippen molar-refractivity contribution in [3.63, 3.8) is 0 Å². The minimum Gasteiger partial charge on any atom is -0.389 e. The number of rotatable bonds is 2. The number of benzene rings is 2. The van der Waals surface area contributed by atoms with Gasteiger partial charge in [0.25, 0.3) is 0 Å². The molecular weight excluding hydrogens is 264 g/mol. The van der Waals surface area contributed by atoms with Crippen molar-refractivity contribution in [3.05, 3.63) is 59.2 Å². The maximum atomic E-state index is 5.94. The standard InChI is InChI=1S/C17H16N2S/c1-10-7-8-12(9-11(10)2)16-15(17(18)20)13-5-3-4-6-14(13)19-16/h3-9,19H,1-2H3,(H2,18,20). The molecule has 0 unspecified atom stereocenters. The van der Waals surface area contributed by atoms with Crippen LogP contribution in [0, 0.1) is 13.8 Å². The molecule has 1 aromatic heterocycles. The van der Waals surface area contributed by atoms with Crippen LogP contribution in [0.1, 0.15) is 16.7 Å². The van der Waals surface area contributed by atoms with E-state index in [1.54, 1.807) is 0 Å². The first kappa shape index (κ1) is 12.9. The van der Waals surface area contributed by atoms with Crippen LogP contribution in [0.3, 0.4) is 0 Å². The average molecular weight is 280 g/mol. The summed E-state index contributed by atoms with van der Waals surface area (Å²) < 4.78 is 0. The summed E-state index contributed by atoms with van der Waals surface area (Å²) in [5.74, 6) is 0. The number of H-pyrrole nitrogens is 1. The molecule has 100 valence electrons. The number of para-hydroxylation sites is 1. The van der Waals surface area contributed by atoms with Crippen molar-refractivity contribution in [2.45, 2.75) is 13.8 Å². The molecule has 0 atom stereocenters. The molecule has 2 nitrogen and oxygen atoms in total. The molecule has 0 amide bonds. The number of aromatic amines is 1. The molecule has 0 fully saturated rings. The van der Waals surface area contributed by atoms with Gasteiger partial charge in [0.15, 0.2) is 0 Å². The molecule has 20 heavy (non-hydrogen) atoms. The Morgan fingerprint density at radius 1 is 1.05 bits per heavy atom. The van der Waals surface area contributed by atoms with Gasteiger partial charge in [-0.3, -0.25) is 0 Å². The van der Waals surface area contributed by atoms with Crippen LogP contribution in [0.4, 0.5) is 0 Å². The van der Waals surface area contributed by atoms with Crippen LogP contribution in [0.15, 0.2) is 42.5 Å². The lowest BCUT2D eigenvalue weighted by Gasteiger charge is -2.06. The second-order valence-electron chi connectivity index (χ2n) is 5.08. The van der Waals surface area contributed by atoms with Crippen LogP contribution in [-0.4, -0.2) is 9.97 Å². The van der Waals surface area contributed by atoms with E-state index in [1.165, 1.54) is 11.1 Å². The van der Waals surface area contributed by atoms with Gasteiger partial charge in [-0.25, -0.2) is 0 Å². The molecule has 2 aromatic carbocycles. The number of nitrogens with two attached hydrogens (primary N) is 1. The zero-order valence-electron chi connectivity index (χ0n) is 11.5. The Labute approximate surface area is 123 Å². The fourth-order valence-corrected chi connectivity index (χ4v) is 2.72. The second-order valence-corrected chi connectivity index (χ2v) is 5.52. The summed E-state index contributed by atoms with van der Waals surface area (Å²) in [6.07, 6.45) is 0. The van der Waals surface area contributed by atoms with E-state index >= 15 is 0 Å². The topological polar surface area (TPSA) is 41.8 Å². The van der Waals surface area contributed by atoms with Crippen LogP contribution in [0.5, 0.6) is 0 Å². The Kier molecular flexibility index (Phi) is 3.07. The normalized spacial score (nSPS) is 10.9. The van der Waals surface area contributed by atoms with E-state index in [-0.39, 0.29) is 0 Å². The molecule has 3 aromatic rings. The van der Waals surface area contributed by atoms with Gasteiger partial charge >= 0.3 is 0 Å². The fraction of sp³-hybridized carbons (Fsp3) is 0.118. The summed E-state index contributed by atoms with van der Waals surface area (Å²) in [6.45, 7) is 4.22. The number of thiocarbonyl (C=S) groups is 1. The number of hydrogen-bond acceptors (Lipinski definition) is 1. The molecular formula is C17H16N2S. The van der Waals surface area contributed by atoms with Crippen molar-refractivity contribution in [2.75, 3.05) is 0 Å². The maximum Gasteiger partial charge on any atom is 0.106 e. The van der Waals surface area contributed by atoms with Crippen molar-refractivity contribution in [1.82, 2.24) is 4.98 Å². The van der Waals surface area contributed by atoms with Crippen molar-refractivity contribution in [2.24, 2.45) is 5.73 Å². The first-order valence-corrected chi connectivity index (χ1v) is 6.97. The fourth-order valence-electron chi connectivity index (χ4n) is 2.51. The van der Waals surface area contributed by atoms with Crippen LogP contribution >= 0.6 is 12.2 Å². The van der Waals surface area contributed by atoms with Gasteiger partial charge in [0.05, 0.1) is 5.69 Å². The highest BCUT2D eigenvalue weighted by atomic mass is 32.1. The first-order chi connectivity index (χ1) is 9.58. The van der Waals surface area contributed by atoms with E-state index in [0.29, 0.717) is 4.99 Å². The molecule has 0 bridgehead atoms. The smallest absolute Gasteiger partial charge is 0.106 e. The molecule has 3 rings (SSSR count). The summed E-state index contributed by atoms with van der Waals surface area (Å²) in [5, 5.41) is 1.08. The van der Waals surface area contributed by atoms with E-state index in [4.69, 9.17) is 18.0 Å². The van der Waals surface area contributed by atoms with Crippen molar-refractivity contribution < 1.29 is 0 Å². The van der Waals surface area contributed by atoms with Gasteiger partial charge < -0.3 is 10.7 Å². The van der Waals surface area contributed by atoms with Crippen LogP contribution in [0.2, 0.25) is 0 Å². The molecule has 0 saturated heterocycles. The Balaban J connectivity index is 2.32. The highest BCUT2D eigenvalue weighted by Gasteiger charge is 2.15. The molecule has 0 aliphatic rings. The molecule has 0 aliphatic heterocycles. The number of hydrogen-bond donors (Lipinski definition) is 2. The van der Waals surface area contributed by atoms with E-state index < -0.39 is 0 Å². The summed E-state index contributed by atoms with van der Waals surface area (Å²) in [6, 6.07) is 14.5. The predicted molar refractivity (Wildman–Crippen MR) is 89.1 cm³/mol. The monoisotopic (exact) mass is 280 g/mol. The van der Waals surface area contributed by atoms with Gasteiger partial charge in [0, 0.05) is 16.5 Å². The van der Waals surface area contributed by atoms with Gasteiger partial charge in [0.1, 0.15) is 4.99 Å². The average Bonchev–Trinajstić information content (AvgIpc) is 2.81. The van der Waals surface area contributed by atoms with Gasteiger partial charge in [-0.1, -0.05) is 42.5 Å². The van der Waals surface area contributed by atoms with Crippen LogP contribution < -0.4 is 5.73 Å². The minimum absolute atomic E-state index is 0.427. The van der Waals surface area contributed by atoms with Gasteiger partial charge in [-0.2, -0.15) is 0 Å². The number of aryl methyl sites for hydroxylation is 2. The highest BCUT2D eigenvalue weighted by Crippen LogP contribution is 2.31. The van der Waals surface area contributed by atoms with Gasteiger partial charge in [0.2, 0.25) is 0 Å². The molecule has 0 aliphatic carbocycles. The quantitative estimate of drug-likeness (QED) is 0.694. The number of nitrogens with one attached hydrogen (secondary N) is 1. The highest BCUT2D eigenvalue weighted by molar-refractivity contribution is 7.80. The minimum atomic E-state index is 0.427. The molecule has 0 saturated carbocycles. The first-order valence-electron chi connectivity index (χ1n) is 6.56. The van der Waals surface area contributed by atoms with Crippen LogP contribution in [-0.2, 0) is 0 Å². The zero-order chi connectivity index (χ0) is 14.3. The lowest BCUT2D eigenvalue weighted by Crippen LogP contribution is -2.10. The van der Waals surface area contributed by atoms with Gasteiger partial charge in [-0.05, 0) is 42.7 Å². The van der Waals surface area contributed by atoms with Gasteiger partial charge in [-0.15, -0.1) is 0 Å². The SMILES string of the molecule is Cc1ccc(-c2[nH]c3ccccc3c2C(N)=S)cc1C. The molecule has 1 heterocycles. The van der Waals surface area contributed by atoms with E-state index in [1.807, 2.05) is 24.3 Å². The van der Waals surface area contributed by atoms with Crippen molar-refractivity contribution in [1.29, 1.82) is 0 Å². The van der Waals surface area contributed by atoms with E-state index in [0.717, 1.165) is 27.7 Å². The third kappa shape index (κ3) is 2.00. The molecule has 0 radical (unpaired) electrons. The zero-order valence-corrected chi connectivity index (χ0v) is 12.3. The van der Waals surface area contributed by atoms with E-state index in [2.05, 4.69) is 37.0 Å². The Bertz CT molecular complexity index is 815. The lowest BCUT2D eigenvalue weighted by atomic mass is 10.0. The summed E-state index contributed by atoms with van der Waals surface area (Å²) in [7, 11) is 0. The summed E-state index contributed by atoms with van der Waals surface area (Å²) >= 11 is 5.25. The summed E-state index contributed by atoms with van der Waals surface area (Å²) in [4.78, 5) is 3.87. The summed E-state index contributed by atoms with van der Waals surface area (Å²) in [5.41, 5.74) is 12.6. The Morgan fingerprint density at radius 2 is 1.80 bits per heavy atom. The number of fused-ring (bicyclic) bond motifs is 1. The third-order valence-electron chi connectivity index (χ3n) is 3.75. The number of aromatic nitrogens is 1. The maximum absolute atomic E-state index is 5.94. The molecule has 0 spiro atoms. The lowest BCUT2D eigenvalue weighted by molar-refractivity contribution is 1.33. The second kappa shape index (κ2) is 4.76. The molecule has 3 N–H and O–H groups in total. The largest absolute Gasteiger partial charge is 0.389 e. The predicted octanol–water partition coefficient (Wildman–Crippen LogP) is 4.09. The van der Waals surface area contributed by atoms with E-state index in [9.17, 15) is 0 Å². The Morgan fingerprint density at radius 3 is 2.50 bits per heavy atom. The van der Waals surface area contributed by atoms with Crippen LogP contribution in [0.25, 0.3) is 22.2 Å².